The van der Waals surface area contributed by atoms with Crippen LogP contribution in [0.15, 0.2) is 84.6 Å². The number of hydrogen-bond acceptors (Lipinski definition) is 2. The van der Waals surface area contributed by atoms with Crippen LogP contribution in [-0.2, 0) is 12.8 Å². The molecular formula is C26H24N2. The van der Waals surface area contributed by atoms with Gasteiger partial charge in [-0.15, -0.1) is 0 Å². The van der Waals surface area contributed by atoms with Gasteiger partial charge in [0.1, 0.15) is 0 Å². The molecule has 0 saturated carbocycles. The minimum Gasteiger partial charge on any atom is -0.387 e. The zero-order chi connectivity index (χ0) is 19.3. The first-order chi connectivity index (χ1) is 13.8. The minimum absolute atomic E-state index is 0.382. The van der Waals surface area contributed by atoms with Crippen molar-refractivity contribution in [2.75, 3.05) is 6.54 Å². The lowest BCUT2D eigenvalue weighted by atomic mass is 9.79. The molecule has 0 radical (unpaired) electrons. The Kier molecular flexibility index (Phi) is 5.26. The smallest absolute Gasteiger partial charge is 0.0991 e. The summed E-state index contributed by atoms with van der Waals surface area (Å²) in [4.78, 5) is 0. The van der Waals surface area contributed by atoms with Crippen LogP contribution >= 0.6 is 0 Å². The van der Waals surface area contributed by atoms with Crippen molar-refractivity contribution in [2.45, 2.75) is 19.8 Å². The quantitative estimate of drug-likeness (QED) is 0.663. The molecule has 1 unspecified atom stereocenters. The maximum absolute atomic E-state index is 9.29. The number of benzene rings is 3. The summed E-state index contributed by atoms with van der Waals surface area (Å²) in [5, 5.41) is 13.0. The second-order valence-electron chi connectivity index (χ2n) is 7.41. The Hall–Kier alpha value is -3.31. The Bertz CT molecular complexity index is 1030. The fraction of sp³-hybridized carbons (Fsp3) is 0.192. The van der Waals surface area contributed by atoms with Crippen molar-refractivity contribution in [3.63, 3.8) is 0 Å². The van der Waals surface area contributed by atoms with E-state index in [4.69, 9.17) is 0 Å². The molecule has 2 heteroatoms. The summed E-state index contributed by atoms with van der Waals surface area (Å²) < 4.78 is 0. The van der Waals surface area contributed by atoms with E-state index in [-0.39, 0.29) is 0 Å². The molecule has 1 atom stereocenters. The summed E-state index contributed by atoms with van der Waals surface area (Å²) in [6, 6.07) is 29.6. The van der Waals surface area contributed by atoms with Crippen molar-refractivity contribution < 1.29 is 0 Å². The first-order valence-electron chi connectivity index (χ1n) is 9.87. The largest absolute Gasteiger partial charge is 0.387 e. The van der Waals surface area contributed by atoms with Crippen LogP contribution < -0.4 is 5.32 Å². The normalized spacial score (nSPS) is 15.6. The summed E-state index contributed by atoms with van der Waals surface area (Å²) in [7, 11) is 0. The second kappa shape index (κ2) is 8.15. The minimum atomic E-state index is 0.382. The van der Waals surface area contributed by atoms with Crippen LogP contribution in [0.25, 0.3) is 5.57 Å². The Balaban J connectivity index is 1.71. The predicted octanol–water partition coefficient (Wildman–Crippen LogP) is 5.34. The van der Waals surface area contributed by atoms with E-state index in [1.807, 2.05) is 6.07 Å². The van der Waals surface area contributed by atoms with Crippen molar-refractivity contribution in [3.8, 4) is 6.07 Å². The second-order valence-corrected chi connectivity index (χ2v) is 7.41. The van der Waals surface area contributed by atoms with Crippen LogP contribution in [0, 0.1) is 17.2 Å². The number of fused-ring (bicyclic) bond motifs is 1. The monoisotopic (exact) mass is 364 g/mol. The Morgan fingerprint density at radius 3 is 2.39 bits per heavy atom. The van der Waals surface area contributed by atoms with E-state index in [0.29, 0.717) is 5.92 Å². The highest BCUT2D eigenvalue weighted by Crippen LogP contribution is 2.38. The Labute approximate surface area is 167 Å². The van der Waals surface area contributed by atoms with Gasteiger partial charge in [-0.2, -0.15) is 5.26 Å². The molecule has 138 valence electrons. The first kappa shape index (κ1) is 18.1. The lowest BCUT2D eigenvalue weighted by Crippen LogP contribution is -2.27. The standard InChI is InChI=1S/C26H24N2/c1-19-16-23-17-21(18-27)12-13-24(23)25(22-10-6-3-7-11-22)26(19)28-15-14-20-8-4-2-5-9-20/h2-13,17,19,28H,14-16H2,1H3. The van der Waals surface area contributed by atoms with Crippen LogP contribution in [-0.4, -0.2) is 6.54 Å². The van der Waals surface area contributed by atoms with E-state index in [1.165, 1.54) is 33.5 Å². The van der Waals surface area contributed by atoms with Gasteiger partial charge in [-0.25, -0.2) is 0 Å². The van der Waals surface area contributed by atoms with Crippen molar-refractivity contribution >= 4 is 5.57 Å². The van der Waals surface area contributed by atoms with E-state index in [9.17, 15) is 5.26 Å². The predicted molar refractivity (Wildman–Crippen MR) is 115 cm³/mol. The maximum Gasteiger partial charge on any atom is 0.0991 e. The molecule has 0 aromatic heterocycles. The number of hydrogen-bond donors (Lipinski definition) is 1. The van der Waals surface area contributed by atoms with Crippen LogP contribution in [0.3, 0.4) is 0 Å². The molecule has 0 amide bonds. The molecule has 1 aliphatic rings. The highest BCUT2D eigenvalue weighted by molar-refractivity contribution is 5.85. The molecule has 0 saturated heterocycles. The van der Waals surface area contributed by atoms with Gasteiger partial charge < -0.3 is 5.32 Å². The summed E-state index contributed by atoms with van der Waals surface area (Å²) in [6.45, 7) is 3.18. The van der Waals surface area contributed by atoms with Crippen molar-refractivity contribution in [3.05, 3.63) is 112 Å². The number of nitrogens with one attached hydrogen (secondary N) is 1. The molecule has 0 bridgehead atoms. The van der Waals surface area contributed by atoms with E-state index >= 15 is 0 Å². The molecule has 1 N–H and O–H groups in total. The first-order valence-corrected chi connectivity index (χ1v) is 9.87. The number of nitriles is 1. The van der Waals surface area contributed by atoms with Gasteiger partial charge in [0, 0.05) is 23.7 Å². The number of nitrogens with zero attached hydrogens (tertiary/aromatic N) is 1. The molecule has 3 aromatic carbocycles. The van der Waals surface area contributed by atoms with Crippen LogP contribution in [0.2, 0.25) is 0 Å². The topological polar surface area (TPSA) is 35.8 Å². The zero-order valence-corrected chi connectivity index (χ0v) is 16.2. The van der Waals surface area contributed by atoms with Gasteiger partial charge >= 0.3 is 0 Å². The molecule has 1 aliphatic carbocycles. The lowest BCUT2D eigenvalue weighted by molar-refractivity contribution is 0.594. The molecule has 0 fully saturated rings. The molecule has 0 heterocycles. The van der Waals surface area contributed by atoms with E-state index in [1.54, 1.807) is 0 Å². The fourth-order valence-corrected chi connectivity index (χ4v) is 4.06. The van der Waals surface area contributed by atoms with Gasteiger partial charge in [0.2, 0.25) is 0 Å². The van der Waals surface area contributed by atoms with Gasteiger partial charge in [-0.05, 0) is 47.2 Å². The van der Waals surface area contributed by atoms with Gasteiger partial charge in [-0.1, -0.05) is 73.7 Å². The molecule has 3 aromatic rings. The highest BCUT2D eigenvalue weighted by atomic mass is 14.9. The van der Waals surface area contributed by atoms with E-state index in [0.717, 1.165) is 24.9 Å². The average Bonchev–Trinajstić information content (AvgIpc) is 2.75. The summed E-state index contributed by atoms with van der Waals surface area (Å²) in [5.41, 5.74) is 8.39. The van der Waals surface area contributed by atoms with Gasteiger partial charge in [0.15, 0.2) is 0 Å². The van der Waals surface area contributed by atoms with Crippen molar-refractivity contribution in [2.24, 2.45) is 5.92 Å². The van der Waals surface area contributed by atoms with Crippen LogP contribution in [0.1, 0.15) is 34.7 Å². The third-order valence-electron chi connectivity index (χ3n) is 5.43. The number of allylic oxidation sites excluding steroid dienone is 1. The SMILES string of the molecule is CC1Cc2cc(C#N)ccc2C(c2ccccc2)=C1NCCc1ccccc1. The van der Waals surface area contributed by atoms with E-state index in [2.05, 4.69) is 91.1 Å². The maximum atomic E-state index is 9.29. The van der Waals surface area contributed by atoms with Gasteiger partial charge in [0.05, 0.1) is 11.6 Å². The Morgan fingerprint density at radius 2 is 1.68 bits per heavy atom. The van der Waals surface area contributed by atoms with Crippen LogP contribution in [0.5, 0.6) is 0 Å². The zero-order valence-electron chi connectivity index (χ0n) is 16.2. The summed E-state index contributed by atoms with van der Waals surface area (Å²) in [5.74, 6) is 0.382. The van der Waals surface area contributed by atoms with E-state index < -0.39 is 0 Å². The van der Waals surface area contributed by atoms with Gasteiger partial charge in [-0.3, -0.25) is 0 Å². The molecule has 4 rings (SSSR count). The molecule has 0 spiro atoms. The average molecular weight is 364 g/mol. The van der Waals surface area contributed by atoms with Crippen molar-refractivity contribution in [1.82, 2.24) is 5.32 Å². The van der Waals surface area contributed by atoms with Gasteiger partial charge in [0.25, 0.3) is 0 Å². The molecule has 28 heavy (non-hydrogen) atoms. The fourth-order valence-electron chi connectivity index (χ4n) is 4.06. The third kappa shape index (κ3) is 3.70. The molecule has 2 nitrogen and oxygen atoms in total. The summed E-state index contributed by atoms with van der Waals surface area (Å²) in [6.07, 6.45) is 1.95. The summed E-state index contributed by atoms with van der Waals surface area (Å²) >= 11 is 0. The lowest BCUT2D eigenvalue weighted by Gasteiger charge is -2.30. The molecular weight excluding hydrogens is 340 g/mol. The number of rotatable bonds is 5. The van der Waals surface area contributed by atoms with Crippen LogP contribution in [0.4, 0.5) is 0 Å². The highest BCUT2D eigenvalue weighted by Gasteiger charge is 2.25. The molecule has 0 aliphatic heterocycles. The van der Waals surface area contributed by atoms with Crippen molar-refractivity contribution in [1.29, 1.82) is 5.26 Å². The third-order valence-corrected chi connectivity index (χ3v) is 5.43. The Morgan fingerprint density at radius 1 is 0.964 bits per heavy atom.